The molecule has 0 saturated heterocycles. The van der Waals surface area contributed by atoms with Gasteiger partial charge in [-0.15, -0.1) is 0 Å². The minimum absolute atomic E-state index is 0.000151. The first-order valence-electron chi connectivity index (χ1n) is 8.35. The van der Waals surface area contributed by atoms with E-state index in [9.17, 15) is 0 Å². The van der Waals surface area contributed by atoms with Crippen LogP contribution in [-0.4, -0.2) is 19.6 Å². The Morgan fingerprint density at radius 1 is 0.579 bits per heavy atom. The van der Waals surface area contributed by atoms with Crippen molar-refractivity contribution in [1.82, 2.24) is 0 Å². The molecule has 0 aromatic heterocycles. The highest BCUT2D eigenvalue weighted by Crippen LogP contribution is 2.22. The molecule has 0 amide bonds. The van der Waals surface area contributed by atoms with Crippen LogP contribution in [0.25, 0.3) is 0 Å². The third-order valence-corrected chi connectivity index (χ3v) is 4.36. The van der Waals surface area contributed by atoms with Crippen LogP contribution in [-0.2, 0) is 0 Å². The summed E-state index contributed by atoms with van der Waals surface area (Å²) in [6.45, 7) is 4.14. The van der Waals surface area contributed by atoms with E-state index in [1.165, 1.54) is 64.2 Å². The quantitative estimate of drug-likeness (QED) is 0.425. The van der Waals surface area contributed by atoms with Gasteiger partial charge in [0.25, 0.3) is 0 Å². The third-order valence-electron chi connectivity index (χ3n) is 4.36. The van der Waals surface area contributed by atoms with Crippen LogP contribution in [0.3, 0.4) is 0 Å². The van der Waals surface area contributed by atoms with E-state index >= 15 is 0 Å². The highest BCUT2D eigenvalue weighted by atomic mass is 14.7. The largest absolute Gasteiger partial charge is 0.330 e. The molecule has 19 heavy (non-hydrogen) atoms. The molecule has 116 valence electrons. The number of hydrogen-bond acceptors (Lipinski definition) is 3. The zero-order valence-electron chi connectivity index (χ0n) is 13.1. The lowest BCUT2D eigenvalue weighted by atomic mass is 9.82. The topological polar surface area (TPSA) is 78.1 Å². The third kappa shape index (κ3) is 9.42. The Bertz CT molecular complexity index is 171. The Morgan fingerprint density at radius 3 is 1.32 bits per heavy atom. The molecule has 3 heteroatoms. The van der Waals surface area contributed by atoms with E-state index in [0.29, 0.717) is 19.6 Å². The molecule has 0 fully saturated rings. The molecule has 0 rings (SSSR count). The highest BCUT2D eigenvalue weighted by Gasteiger charge is 2.24. The van der Waals surface area contributed by atoms with Gasteiger partial charge in [0, 0.05) is 25.0 Å². The maximum atomic E-state index is 5.79. The van der Waals surface area contributed by atoms with Gasteiger partial charge < -0.3 is 17.2 Å². The van der Waals surface area contributed by atoms with Crippen molar-refractivity contribution in [1.29, 1.82) is 0 Å². The summed E-state index contributed by atoms with van der Waals surface area (Å²) in [6.07, 6.45) is 14.7. The van der Waals surface area contributed by atoms with Gasteiger partial charge in [-0.1, -0.05) is 71.1 Å². The SMILES string of the molecule is CCCCCCCCCCCCC(CN)(CN)CN. The van der Waals surface area contributed by atoms with Crippen LogP contribution in [0.1, 0.15) is 77.6 Å². The number of hydrogen-bond donors (Lipinski definition) is 3. The predicted molar refractivity (Wildman–Crippen MR) is 86.1 cm³/mol. The van der Waals surface area contributed by atoms with Crippen molar-refractivity contribution in [2.75, 3.05) is 19.6 Å². The molecule has 0 unspecified atom stereocenters. The molecule has 0 atom stereocenters. The van der Waals surface area contributed by atoms with E-state index < -0.39 is 0 Å². The summed E-state index contributed by atoms with van der Waals surface area (Å²) in [5.74, 6) is 0. The molecule has 0 aliphatic carbocycles. The van der Waals surface area contributed by atoms with Crippen molar-refractivity contribution in [2.45, 2.75) is 77.6 Å². The smallest absolute Gasteiger partial charge is 0.00705 e. The number of nitrogens with two attached hydrogens (primary N) is 3. The lowest BCUT2D eigenvalue weighted by Gasteiger charge is -2.29. The Labute approximate surface area is 120 Å². The zero-order chi connectivity index (χ0) is 14.4. The van der Waals surface area contributed by atoms with Gasteiger partial charge in [-0.3, -0.25) is 0 Å². The van der Waals surface area contributed by atoms with Crippen LogP contribution in [0.2, 0.25) is 0 Å². The molecule has 0 aromatic carbocycles. The number of unbranched alkanes of at least 4 members (excludes halogenated alkanes) is 9. The van der Waals surface area contributed by atoms with Gasteiger partial charge in [0.1, 0.15) is 0 Å². The summed E-state index contributed by atoms with van der Waals surface area (Å²) in [7, 11) is 0. The van der Waals surface area contributed by atoms with Crippen molar-refractivity contribution in [3.8, 4) is 0 Å². The van der Waals surface area contributed by atoms with Gasteiger partial charge in [-0.2, -0.15) is 0 Å². The van der Waals surface area contributed by atoms with Crippen LogP contribution >= 0.6 is 0 Å². The van der Waals surface area contributed by atoms with Crippen LogP contribution in [0, 0.1) is 5.41 Å². The van der Waals surface area contributed by atoms with Crippen molar-refractivity contribution in [2.24, 2.45) is 22.6 Å². The molecule has 3 nitrogen and oxygen atoms in total. The zero-order valence-corrected chi connectivity index (χ0v) is 13.1. The average Bonchev–Trinajstić information content (AvgIpc) is 2.46. The normalized spacial score (nSPS) is 12.0. The Hall–Kier alpha value is -0.120. The second-order valence-electron chi connectivity index (χ2n) is 6.04. The molecule has 0 radical (unpaired) electrons. The summed E-state index contributed by atoms with van der Waals surface area (Å²) < 4.78 is 0. The lowest BCUT2D eigenvalue weighted by molar-refractivity contribution is 0.282. The maximum Gasteiger partial charge on any atom is 0.00705 e. The Kier molecular flexibility index (Phi) is 12.8. The van der Waals surface area contributed by atoms with Crippen LogP contribution < -0.4 is 17.2 Å². The van der Waals surface area contributed by atoms with E-state index in [2.05, 4.69) is 6.92 Å². The molecule has 0 bridgehead atoms. The Balaban J connectivity index is 3.35. The van der Waals surface area contributed by atoms with Crippen molar-refractivity contribution in [3.63, 3.8) is 0 Å². The molecular formula is C16H37N3. The van der Waals surface area contributed by atoms with Crippen molar-refractivity contribution in [3.05, 3.63) is 0 Å². The second-order valence-corrected chi connectivity index (χ2v) is 6.04. The Morgan fingerprint density at radius 2 is 0.947 bits per heavy atom. The standard InChI is InChI=1S/C16H37N3/c1-2-3-4-5-6-7-8-9-10-11-12-16(13-17,14-18)15-19/h2-15,17-19H2,1H3. The first-order chi connectivity index (χ1) is 9.24. The van der Waals surface area contributed by atoms with Crippen molar-refractivity contribution >= 4 is 0 Å². The average molecular weight is 271 g/mol. The fraction of sp³-hybridized carbons (Fsp3) is 1.00. The molecule has 0 spiro atoms. The molecule has 0 aliphatic heterocycles. The lowest BCUT2D eigenvalue weighted by Crippen LogP contribution is -2.44. The van der Waals surface area contributed by atoms with Crippen LogP contribution in [0.5, 0.6) is 0 Å². The van der Waals surface area contributed by atoms with E-state index in [4.69, 9.17) is 17.2 Å². The molecule has 0 aromatic rings. The summed E-state index contributed by atoms with van der Waals surface area (Å²) in [5, 5.41) is 0. The van der Waals surface area contributed by atoms with Gasteiger partial charge in [0.2, 0.25) is 0 Å². The van der Waals surface area contributed by atoms with Crippen molar-refractivity contribution < 1.29 is 0 Å². The second kappa shape index (κ2) is 12.9. The maximum absolute atomic E-state index is 5.79. The number of rotatable bonds is 14. The molecule has 0 heterocycles. The molecule has 0 aliphatic rings. The first kappa shape index (κ1) is 18.9. The minimum Gasteiger partial charge on any atom is -0.330 e. The van der Waals surface area contributed by atoms with Gasteiger partial charge >= 0.3 is 0 Å². The van der Waals surface area contributed by atoms with Gasteiger partial charge in [-0.05, 0) is 6.42 Å². The molecule has 0 saturated carbocycles. The molecular weight excluding hydrogens is 234 g/mol. The minimum atomic E-state index is 0.000151. The van der Waals surface area contributed by atoms with E-state index in [1.807, 2.05) is 0 Å². The van der Waals surface area contributed by atoms with Gasteiger partial charge in [0.05, 0.1) is 0 Å². The van der Waals surface area contributed by atoms with Crippen LogP contribution in [0.4, 0.5) is 0 Å². The van der Waals surface area contributed by atoms with E-state index in [1.54, 1.807) is 0 Å². The highest BCUT2D eigenvalue weighted by molar-refractivity contribution is 4.82. The molecule has 6 N–H and O–H groups in total. The summed E-state index contributed by atoms with van der Waals surface area (Å²) >= 11 is 0. The summed E-state index contributed by atoms with van der Waals surface area (Å²) in [6, 6.07) is 0. The summed E-state index contributed by atoms with van der Waals surface area (Å²) in [5.41, 5.74) is 17.4. The first-order valence-corrected chi connectivity index (χ1v) is 8.35. The fourth-order valence-electron chi connectivity index (χ4n) is 2.54. The van der Waals surface area contributed by atoms with Gasteiger partial charge in [-0.25, -0.2) is 0 Å². The predicted octanol–water partition coefficient (Wildman–Crippen LogP) is 3.16. The van der Waals surface area contributed by atoms with Crippen LogP contribution in [0.15, 0.2) is 0 Å². The van der Waals surface area contributed by atoms with E-state index in [-0.39, 0.29) is 5.41 Å². The fourth-order valence-corrected chi connectivity index (χ4v) is 2.54. The summed E-state index contributed by atoms with van der Waals surface area (Å²) in [4.78, 5) is 0. The monoisotopic (exact) mass is 271 g/mol. The van der Waals surface area contributed by atoms with E-state index in [0.717, 1.165) is 6.42 Å². The van der Waals surface area contributed by atoms with Gasteiger partial charge in [0.15, 0.2) is 0 Å².